The van der Waals surface area contributed by atoms with Crippen molar-refractivity contribution in [3.8, 4) is 22.5 Å². The summed E-state index contributed by atoms with van der Waals surface area (Å²) in [6, 6.07) is 30.4. The van der Waals surface area contributed by atoms with Gasteiger partial charge in [-0.05, 0) is 120 Å². The summed E-state index contributed by atoms with van der Waals surface area (Å²) in [5.41, 5.74) is 9.11. The summed E-state index contributed by atoms with van der Waals surface area (Å²) in [4.78, 5) is 68.8. The molecular weight excluding hydrogens is 1160 g/mol. The summed E-state index contributed by atoms with van der Waals surface area (Å²) in [6.07, 6.45) is 4.08. The third kappa shape index (κ3) is 14.1. The number of anilines is 1. The molecule has 0 spiro atoms. The molecule has 0 atom stereocenters. The van der Waals surface area contributed by atoms with Crippen molar-refractivity contribution in [2.24, 2.45) is 0 Å². The molecule has 0 bridgehead atoms. The summed E-state index contributed by atoms with van der Waals surface area (Å²) in [5.74, 6) is 0.895. The number of aryl methyl sites for hydroxylation is 3. The highest BCUT2D eigenvalue weighted by atomic mass is 35.5. The maximum atomic E-state index is 13.2. The predicted octanol–water partition coefficient (Wildman–Crippen LogP) is 8.96. The molecule has 21 nitrogen and oxygen atoms in total. The number of fused-ring (bicyclic) bond motifs is 6. The normalized spacial score (nSPS) is 15.8. The minimum Gasteiger partial charge on any atom is -0.441 e. The van der Waals surface area contributed by atoms with Gasteiger partial charge in [-0.1, -0.05) is 29.8 Å². The third-order valence-electron chi connectivity index (χ3n) is 15.7. The van der Waals surface area contributed by atoms with E-state index in [1.54, 1.807) is 23.5 Å². The lowest BCUT2D eigenvalue weighted by molar-refractivity contribution is 0.00578. The molecule has 12 heterocycles. The third-order valence-corrected chi connectivity index (χ3v) is 15.9. The first-order valence-electron chi connectivity index (χ1n) is 28.9. The van der Waals surface area contributed by atoms with Crippen LogP contribution >= 0.6 is 11.6 Å². The molecule has 25 heteroatoms. The molecule has 3 saturated heterocycles. The minimum atomic E-state index is -0.487. The first-order chi connectivity index (χ1) is 42.5. The zero-order valence-corrected chi connectivity index (χ0v) is 51.4. The molecule has 9 aromatic heterocycles. The van der Waals surface area contributed by atoms with Gasteiger partial charge in [0.2, 0.25) is 0 Å². The summed E-state index contributed by atoms with van der Waals surface area (Å²) in [6.45, 7) is 22.3. The van der Waals surface area contributed by atoms with Gasteiger partial charge in [-0.2, -0.15) is 0 Å². The number of oxazole rings is 3. The Hall–Kier alpha value is -9.04. The quantitative estimate of drug-likeness (QED) is 0.128. The number of hydrogen-bond donors (Lipinski definition) is 1. The Balaban J connectivity index is 0.000000121. The van der Waals surface area contributed by atoms with Gasteiger partial charge in [-0.25, -0.2) is 38.7 Å². The number of nitrogens with one attached hydrogen (secondary N) is 1. The van der Waals surface area contributed by atoms with E-state index in [-0.39, 0.29) is 34.6 Å². The molecule has 458 valence electrons. The minimum absolute atomic E-state index is 0.0928. The lowest BCUT2D eigenvalue weighted by Gasteiger charge is -2.34. The first-order valence-corrected chi connectivity index (χ1v) is 29.3. The molecule has 0 amide bonds. The summed E-state index contributed by atoms with van der Waals surface area (Å²) >= 11 is 5.55. The van der Waals surface area contributed by atoms with E-state index in [4.69, 9.17) is 39.1 Å². The van der Waals surface area contributed by atoms with E-state index >= 15 is 0 Å². The van der Waals surface area contributed by atoms with Crippen molar-refractivity contribution in [3.63, 3.8) is 0 Å². The molecule has 1 N–H and O–H groups in total. The molecule has 3 aliphatic heterocycles. The van der Waals surface area contributed by atoms with Crippen molar-refractivity contribution < 1.29 is 31.3 Å². The largest absolute Gasteiger partial charge is 0.494 e. The molecule has 3 aliphatic rings. The van der Waals surface area contributed by atoms with Crippen LogP contribution in [0, 0.1) is 32.4 Å². The lowest BCUT2D eigenvalue weighted by atomic mass is 9.79. The van der Waals surface area contributed by atoms with Crippen LogP contribution < -0.4 is 32.4 Å². The van der Waals surface area contributed by atoms with Crippen LogP contribution in [0.4, 0.5) is 14.5 Å². The van der Waals surface area contributed by atoms with Crippen LogP contribution in [0.1, 0.15) is 45.4 Å². The Morgan fingerprint density at radius 1 is 0.494 bits per heavy atom. The smallest absolute Gasteiger partial charge is 0.441 e. The molecule has 0 radical (unpaired) electrons. The highest BCUT2D eigenvalue weighted by Crippen LogP contribution is 2.37. The monoisotopic (exact) mass is 1230 g/mol. The van der Waals surface area contributed by atoms with Crippen molar-refractivity contribution in [1.29, 1.82) is 0 Å². The Bertz CT molecular complexity index is 4750. The van der Waals surface area contributed by atoms with Crippen LogP contribution in [0.5, 0.6) is 0 Å². The van der Waals surface area contributed by atoms with Gasteiger partial charge < -0.3 is 42.6 Å². The first kappa shape index (κ1) is 61.6. The average molecular weight is 1230 g/mol. The van der Waals surface area contributed by atoms with E-state index in [1.807, 2.05) is 108 Å². The highest BCUT2D eigenvalue weighted by molar-refractivity contribution is 6.62. The van der Waals surface area contributed by atoms with Crippen LogP contribution in [-0.2, 0) is 9.31 Å². The van der Waals surface area contributed by atoms with Gasteiger partial charge in [0.15, 0.2) is 34.4 Å². The topological polar surface area (TPSA) is 221 Å². The highest BCUT2D eigenvalue weighted by Gasteiger charge is 2.51. The van der Waals surface area contributed by atoms with E-state index in [0.29, 0.717) is 57.2 Å². The van der Waals surface area contributed by atoms with Gasteiger partial charge in [0.1, 0.15) is 50.3 Å². The Morgan fingerprint density at radius 3 is 1.40 bits per heavy atom. The van der Waals surface area contributed by atoms with Crippen molar-refractivity contribution in [3.05, 3.63) is 193 Å². The Morgan fingerprint density at radius 2 is 0.921 bits per heavy atom. The molecule has 3 aromatic carbocycles. The number of pyridine rings is 3. The second kappa shape index (κ2) is 25.6. The molecule has 15 rings (SSSR count). The van der Waals surface area contributed by atoms with E-state index < -0.39 is 17.2 Å². The van der Waals surface area contributed by atoms with Crippen LogP contribution in [-0.4, -0.2) is 138 Å². The van der Waals surface area contributed by atoms with Crippen molar-refractivity contribution >= 4 is 80.1 Å². The fourth-order valence-electron chi connectivity index (χ4n) is 10.1. The number of piperazine rings is 2. The van der Waals surface area contributed by atoms with Crippen LogP contribution in [0.25, 0.3) is 72.8 Å². The van der Waals surface area contributed by atoms with Gasteiger partial charge >= 0.3 is 7.12 Å². The van der Waals surface area contributed by atoms with E-state index in [9.17, 15) is 23.2 Å². The van der Waals surface area contributed by atoms with E-state index in [2.05, 4.69) is 59.0 Å². The molecule has 0 saturated carbocycles. The van der Waals surface area contributed by atoms with Gasteiger partial charge in [0.25, 0.3) is 16.7 Å². The maximum Gasteiger partial charge on any atom is 0.494 e. The molecule has 0 aliphatic carbocycles. The van der Waals surface area contributed by atoms with Gasteiger partial charge in [-0.3, -0.25) is 27.6 Å². The SMILES string of the molecule is CN1CCNCC1.Cc1nc2ccc(-c3cc(=O)n4cc(F)ccc4n3)cc2o1.Cc1nc2ccc(-c3cc(=O)n4cc(N5CCN(C)CC5)ccc4n3)cc2o1.Cc1nc2ccc(B3OC(C)(C)C(C)(C)O3)cc2o1.O=c1cc(Cl)nc2ccc(F)cn12. The zero-order chi connectivity index (χ0) is 62.9. The number of likely N-dealkylation sites (N-methyl/N-ethyl adjacent to an activating group) is 2. The number of benzene rings is 3. The number of hydrogen-bond acceptors (Lipinski definition) is 18. The molecule has 89 heavy (non-hydrogen) atoms. The van der Waals surface area contributed by atoms with Crippen molar-refractivity contribution in [2.75, 3.05) is 71.4 Å². The predicted molar refractivity (Wildman–Crippen MR) is 339 cm³/mol. The van der Waals surface area contributed by atoms with Gasteiger partial charge in [-0.15, -0.1) is 0 Å². The van der Waals surface area contributed by atoms with E-state index in [1.165, 1.54) is 47.8 Å². The van der Waals surface area contributed by atoms with Crippen molar-refractivity contribution in [1.82, 2.24) is 58.2 Å². The van der Waals surface area contributed by atoms with Crippen LogP contribution in [0.15, 0.2) is 155 Å². The fourth-order valence-corrected chi connectivity index (χ4v) is 10.3. The maximum absolute atomic E-state index is 13.2. The summed E-state index contributed by atoms with van der Waals surface area (Å²) < 4.78 is 58.5. The number of rotatable bonds is 4. The molecular formula is C64H65BClF2N13O8. The van der Waals surface area contributed by atoms with Crippen LogP contribution in [0.3, 0.4) is 0 Å². The van der Waals surface area contributed by atoms with E-state index in [0.717, 1.165) is 107 Å². The molecule has 0 unspecified atom stereocenters. The number of nitrogens with zero attached hydrogens (tertiary/aromatic N) is 12. The standard InChI is InChI=1S/C21H21N5O2.C16H10FN3O2.C14H18BNO3.C8H4ClFN2O.C5H12N2/c1-14-22-17-5-3-15(11-19(17)28-14)18-12-21(27)26-13-16(4-6-20(26)23-18)25-9-7-24(2)8-10-25;1-9-18-12-4-2-10(6-14(12)22-9)13-7-16(21)20-8-11(17)3-5-15(20)19-13;1-9-16-11-7-6-10(8-12(11)17-9)15-18-13(2,3)14(4,5)19-15;9-6-3-8(13)12-4-5(10)1-2-7(12)11-6;1-7-4-2-6-3-5-7/h3-6,11-13H,7-10H2,1-2H3;2-8H,1H3;6-8H,1-5H3;1-4H;6H,2-5H2,1H3. The van der Waals surface area contributed by atoms with Gasteiger partial charge in [0.05, 0.1) is 28.3 Å². The fraction of sp³-hybridized carbons (Fsp3) is 0.297. The lowest BCUT2D eigenvalue weighted by Crippen LogP contribution is -2.44. The molecule has 12 aromatic rings. The van der Waals surface area contributed by atoms with Crippen LogP contribution in [0.2, 0.25) is 5.15 Å². The van der Waals surface area contributed by atoms with Gasteiger partial charge in [0, 0.05) is 121 Å². The number of aromatic nitrogens is 9. The Kier molecular flexibility index (Phi) is 17.7. The Labute approximate surface area is 514 Å². The second-order valence-corrected chi connectivity index (χ2v) is 23.3. The zero-order valence-electron chi connectivity index (χ0n) is 50.6. The molecule has 3 fully saturated rings. The second-order valence-electron chi connectivity index (χ2n) is 22.9. The number of halogens is 3. The summed E-state index contributed by atoms with van der Waals surface area (Å²) in [7, 11) is 3.92. The van der Waals surface area contributed by atoms with Crippen molar-refractivity contribution in [2.45, 2.75) is 59.7 Å². The summed E-state index contributed by atoms with van der Waals surface area (Å²) in [5, 5.41) is 3.38. The average Bonchev–Trinajstić information content (AvgIpc) is 2.17.